The van der Waals surface area contributed by atoms with Crippen LogP contribution in [0, 0.1) is 24.5 Å². The minimum absolute atomic E-state index is 0.0261. The van der Waals surface area contributed by atoms with Crippen LogP contribution in [0.2, 0.25) is 5.02 Å². The molecule has 2 aromatic carbocycles. The Morgan fingerprint density at radius 3 is 2.28 bits per heavy atom. The number of hydrogen-bond donors (Lipinski definition) is 2. The fourth-order valence-corrected chi connectivity index (χ4v) is 8.92. The van der Waals surface area contributed by atoms with Gasteiger partial charge in [0.15, 0.2) is 17.5 Å². The van der Waals surface area contributed by atoms with Gasteiger partial charge in [0.25, 0.3) is 11.8 Å². The standard InChI is InChI=1S/C43H52ClF2N9O5/c1-26-32(24-54(50-26)25-37(56)49-34-8-6-7-9-36(34)60-5)29-12-13-31(39(46)38(29)45)35-23-47-40(51(35)2)41(57)48-28-10-11-30(33(44)22-28)43(59)53-18-16-52(17-19-53)42(58)27-14-20-55(3,4)21-15-27/h10-13,22-24,27,34,36H,6-9,14-21,25H2,1-5H3,(H-,48,49,56,57,59)/p+1/t34-,36-/m0/s1. The zero-order valence-electron chi connectivity index (χ0n) is 34.8. The number of nitrogens with one attached hydrogen (secondary N) is 2. The van der Waals surface area contributed by atoms with Crippen molar-refractivity contribution in [1.82, 2.24) is 34.4 Å². The van der Waals surface area contributed by atoms with Gasteiger partial charge < -0.3 is 34.2 Å². The molecular formula is C43H53ClF2N9O5+. The molecule has 2 aliphatic heterocycles. The molecule has 2 saturated heterocycles. The summed E-state index contributed by atoms with van der Waals surface area (Å²) >= 11 is 6.57. The molecule has 17 heteroatoms. The number of hydrogen-bond acceptors (Lipinski definition) is 7. The molecule has 320 valence electrons. The maximum Gasteiger partial charge on any atom is 0.291 e. The third-order valence-electron chi connectivity index (χ3n) is 12.3. The van der Waals surface area contributed by atoms with Crippen LogP contribution >= 0.6 is 11.6 Å². The molecule has 1 aliphatic carbocycles. The van der Waals surface area contributed by atoms with Gasteiger partial charge in [-0.15, -0.1) is 0 Å². The number of benzene rings is 2. The molecule has 14 nitrogen and oxygen atoms in total. The van der Waals surface area contributed by atoms with Gasteiger partial charge in [0, 0.05) is 87.7 Å². The predicted molar refractivity (Wildman–Crippen MR) is 222 cm³/mol. The Kier molecular flexibility index (Phi) is 12.7. The van der Waals surface area contributed by atoms with Crippen molar-refractivity contribution in [1.29, 1.82) is 0 Å². The lowest BCUT2D eigenvalue weighted by Crippen LogP contribution is -2.54. The average Bonchev–Trinajstić information content (AvgIpc) is 3.79. The van der Waals surface area contributed by atoms with Gasteiger partial charge in [-0.2, -0.15) is 5.10 Å². The minimum Gasteiger partial charge on any atom is -0.379 e. The van der Waals surface area contributed by atoms with Crippen LogP contribution in [-0.2, 0) is 27.9 Å². The lowest BCUT2D eigenvalue weighted by molar-refractivity contribution is -0.895. The first-order valence-corrected chi connectivity index (χ1v) is 20.9. The first kappa shape index (κ1) is 42.9. The third-order valence-corrected chi connectivity index (χ3v) is 12.6. The maximum absolute atomic E-state index is 15.8. The number of imidazole rings is 1. The van der Waals surface area contributed by atoms with Crippen molar-refractivity contribution in [2.45, 2.75) is 64.1 Å². The molecule has 0 spiro atoms. The molecule has 3 fully saturated rings. The van der Waals surface area contributed by atoms with Crippen LogP contribution in [-0.4, -0.2) is 130 Å². The number of piperidine rings is 1. The number of carbonyl (C=O) groups is 4. The van der Waals surface area contributed by atoms with Gasteiger partial charge >= 0.3 is 0 Å². The fourth-order valence-electron chi connectivity index (χ4n) is 8.66. The smallest absolute Gasteiger partial charge is 0.291 e. The number of halogens is 3. The molecule has 60 heavy (non-hydrogen) atoms. The summed E-state index contributed by atoms with van der Waals surface area (Å²) in [5.74, 6) is -3.28. The second kappa shape index (κ2) is 17.8. The number of likely N-dealkylation sites (tertiary alicyclic amines) is 1. The van der Waals surface area contributed by atoms with Gasteiger partial charge in [-0.1, -0.05) is 30.5 Å². The van der Waals surface area contributed by atoms with E-state index >= 15 is 8.78 Å². The lowest BCUT2D eigenvalue weighted by atomic mass is 9.92. The Labute approximate surface area is 353 Å². The number of quaternary nitrogens is 1. The van der Waals surface area contributed by atoms with Crippen LogP contribution in [0.25, 0.3) is 22.4 Å². The van der Waals surface area contributed by atoms with Crippen molar-refractivity contribution < 1.29 is 37.2 Å². The lowest BCUT2D eigenvalue weighted by Gasteiger charge is -2.40. The summed E-state index contributed by atoms with van der Waals surface area (Å²) in [4.78, 5) is 60.6. The first-order chi connectivity index (χ1) is 28.6. The van der Waals surface area contributed by atoms with E-state index in [4.69, 9.17) is 16.3 Å². The Morgan fingerprint density at radius 2 is 1.58 bits per heavy atom. The number of amides is 4. The zero-order chi connectivity index (χ0) is 42.9. The molecule has 2 atom stereocenters. The second-order valence-electron chi connectivity index (χ2n) is 16.8. The highest BCUT2D eigenvalue weighted by Crippen LogP contribution is 2.33. The molecular weight excluding hydrogens is 796 g/mol. The number of aryl methyl sites for hydroxylation is 1. The van der Waals surface area contributed by atoms with Crippen LogP contribution in [0.5, 0.6) is 0 Å². The molecule has 4 amide bonds. The van der Waals surface area contributed by atoms with E-state index in [1.165, 1.54) is 53.0 Å². The number of carbonyl (C=O) groups excluding carboxylic acids is 4. The van der Waals surface area contributed by atoms with Crippen molar-refractivity contribution in [2.75, 3.05) is 65.8 Å². The topological polar surface area (TPSA) is 144 Å². The van der Waals surface area contributed by atoms with Crippen molar-refractivity contribution >= 4 is 40.9 Å². The van der Waals surface area contributed by atoms with E-state index in [-0.39, 0.29) is 75.6 Å². The normalized spacial score (nSPS) is 19.6. The summed E-state index contributed by atoms with van der Waals surface area (Å²) in [6, 6.07) is 7.32. The first-order valence-electron chi connectivity index (χ1n) is 20.5. The van der Waals surface area contributed by atoms with Crippen LogP contribution in [0.1, 0.15) is 65.2 Å². The van der Waals surface area contributed by atoms with E-state index in [0.29, 0.717) is 43.1 Å². The fraction of sp³-hybridized carbons (Fsp3) is 0.488. The Hall–Kier alpha value is -5.19. The van der Waals surface area contributed by atoms with E-state index in [1.807, 2.05) is 4.90 Å². The van der Waals surface area contributed by atoms with Crippen LogP contribution < -0.4 is 10.6 Å². The molecule has 1 saturated carbocycles. The number of nitrogens with zero attached hydrogens (tertiary/aromatic N) is 7. The van der Waals surface area contributed by atoms with E-state index in [0.717, 1.165) is 56.1 Å². The number of piperazine rings is 1. The van der Waals surface area contributed by atoms with Crippen molar-refractivity contribution in [3.05, 3.63) is 76.5 Å². The van der Waals surface area contributed by atoms with E-state index in [2.05, 4.69) is 34.8 Å². The van der Waals surface area contributed by atoms with Crippen LogP contribution in [0.3, 0.4) is 0 Å². The number of methoxy groups -OCH3 is 1. The van der Waals surface area contributed by atoms with Gasteiger partial charge in [0.05, 0.1) is 67.5 Å². The third kappa shape index (κ3) is 9.10. The Morgan fingerprint density at radius 1 is 0.917 bits per heavy atom. The minimum atomic E-state index is -1.14. The number of rotatable bonds is 10. The molecule has 4 heterocycles. The molecule has 0 radical (unpaired) electrons. The van der Waals surface area contributed by atoms with Crippen molar-refractivity contribution in [3.8, 4) is 22.4 Å². The highest BCUT2D eigenvalue weighted by Gasteiger charge is 2.35. The van der Waals surface area contributed by atoms with E-state index in [9.17, 15) is 19.2 Å². The monoisotopic (exact) mass is 848 g/mol. The average molecular weight is 849 g/mol. The van der Waals surface area contributed by atoms with Gasteiger partial charge in [0.2, 0.25) is 11.8 Å². The van der Waals surface area contributed by atoms with Gasteiger partial charge in [-0.05, 0) is 44.0 Å². The summed E-state index contributed by atoms with van der Waals surface area (Å²) in [6.45, 7) is 5.21. The Balaban J connectivity index is 0.965. The molecule has 0 unspecified atom stereocenters. The summed E-state index contributed by atoms with van der Waals surface area (Å²) in [7, 11) is 7.52. The maximum atomic E-state index is 15.8. The predicted octanol–water partition coefficient (Wildman–Crippen LogP) is 5.29. The molecule has 2 N–H and O–H groups in total. The van der Waals surface area contributed by atoms with Gasteiger partial charge in [0.1, 0.15) is 6.54 Å². The van der Waals surface area contributed by atoms with Gasteiger partial charge in [-0.3, -0.25) is 23.9 Å². The molecule has 4 aromatic rings. The largest absolute Gasteiger partial charge is 0.379 e. The quantitative estimate of drug-likeness (QED) is 0.207. The summed E-state index contributed by atoms with van der Waals surface area (Å²) in [5.41, 5.74) is 1.35. The molecule has 0 bridgehead atoms. The number of anilines is 1. The highest BCUT2D eigenvalue weighted by atomic mass is 35.5. The van der Waals surface area contributed by atoms with Crippen LogP contribution in [0.4, 0.5) is 14.5 Å². The number of aromatic nitrogens is 4. The summed E-state index contributed by atoms with van der Waals surface area (Å²) < 4.78 is 40.8. The van der Waals surface area contributed by atoms with E-state index in [1.54, 1.807) is 25.0 Å². The summed E-state index contributed by atoms with van der Waals surface area (Å²) in [6.07, 6.45) is 8.24. The second-order valence-corrected chi connectivity index (χ2v) is 17.2. The SMILES string of the molecule is CO[C@H]1CCCC[C@@H]1NC(=O)Cn1cc(-c2ccc(-c3cnc(C(=O)Nc4ccc(C(=O)N5CCN(C(=O)C6CC[N+](C)(C)CC6)CC5)c(Cl)c4)n3C)c(F)c2F)c(C)n1. The molecule has 3 aliphatic rings. The number of ether oxygens (including phenoxy) is 1. The van der Waals surface area contributed by atoms with E-state index < -0.39 is 17.5 Å². The summed E-state index contributed by atoms with van der Waals surface area (Å²) in [5, 5.41) is 10.3. The molecule has 7 rings (SSSR count). The van der Waals surface area contributed by atoms with Gasteiger partial charge in [-0.25, -0.2) is 13.8 Å². The highest BCUT2D eigenvalue weighted by molar-refractivity contribution is 6.34. The molecule has 2 aromatic heterocycles. The van der Waals surface area contributed by atoms with Crippen molar-refractivity contribution in [2.24, 2.45) is 13.0 Å². The van der Waals surface area contributed by atoms with Crippen LogP contribution in [0.15, 0.2) is 42.7 Å². The Bertz CT molecular complexity index is 2280. The van der Waals surface area contributed by atoms with Crippen molar-refractivity contribution in [3.63, 3.8) is 0 Å². The zero-order valence-corrected chi connectivity index (χ0v) is 35.5.